The van der Waals surface area contributed by atoms with Gasteiger partial charge in [0.05, 0.1) is 0 Å². The minimum Gasteiger partial charge on any atom is -0.0839 e. The first-order valence-electron chi connectivity index (χ1n) is 14.5. The summed E-state index contributed by atoms with van der Waals surface area (Å²) < 4.78 is 0. The maximum absolute atomic E-state index is 2.54. The SMILES string of the molecule is CC1CC2=C(CCC=C2)c2cc(-c3c4c(c(-c5cccc6ccccc56)c5ccccc35)C=CCC4)ccc21. The van der Waals surface area contributed by atoms with E-state index in [0.717, 1.165) is 25.7 Å². The van der Waals surface area contributed by atoms with Crippen LogP contribution in [0.4, 0.5) is 0 Å². The van der Waals surface area contributed by atoms with Crippen molar-refractivity contribution in [1.82, 2.24) is 0 Å². The molecule has 0 aromatic heterocycles. The molecule has 0 spiro atoms. The topological polar surface area (TPSA) is 0 Å². The van der Waals surface area contributed by atoms with Crippen molar-refractivity contribution < 1.29 is 0 Å². The molecule has 0 saturated carbocycles. The molecule has 0 radical (unpaired) electrons. The van der Waals surface area contributed by atoms with Gasteiger partial charge in [0.2, 0.25) is 0 Å². The Morgan fingerprint density at radius 2 is 1.38 bits per heavy atom. The van der Waals surface area contributed by atoms with Crippen molar-refractivity contribution in [3.8, 4) is 22.3 Å². The van der Waals surface area contributed by atoms with E-state index in [4.69, 9.17) is 0 Å². The van der Waals surface area contributed by atoms with Crippen molar-refractivity contribution >= 4 is 33.2 Å². The van der Waals surface area contributed by atoms with Gasteiger partial charge in [-0.15, -0.1) is 0 Å². The summed E-state index contributed by atoms with van der Waals surface area (Å²) in [6.07, 6.45) is 15.2. The van der Waals surface area contributed by atoms with Gasteiger partial charge >= 0.3 is 0 Å². The molecule has 188 valence electrons. The van der Waals surface area contributed by atoms with Crippen LogP contribution < -0.4 is 0 Å². The second-order valence-electron chi connectivity index (χ2n) is 11.5. The predicted molar refractivity (Wildman–Crippen MR) is 168 cm³/mol. The van der Waals surface area contributed by atoms with E-state index >= 15 is 0 Å². The van der Waals surface area contributed by atoms with Gasteiger partial charge < -0.3 is 0 Å². The summed E-state index contributed by atoms with van der Waals surface area (Å²) in [5, 5.41) is 5.34. The molecule has 0 nitrogen and oxygen atoms in total. The summed E-state index contributed by atoms with van der Waals surface area (Å²) in [6.45, 7) is 2.39. The zero-order valence-electron chi connectivity index (χ0n) is 22.5. The molecule has 5 aromatic rings. The average Bonchev–Trinajstić information content (AvgIpc) is 2.99. The second-order valence-corrected chi connectivity index (χ2v) is 11.5. The van der Waals surface area contributed by atoms with E-state index in [1.165, 1.54) is 72.5 Å². The largest absolute Gasteiger partial charge is 0.0839 e. The molecule has 0 bridgehead atoms. The molecule has 0 heterocycles. The van der Waals surface area contributed by atoms with Gasteiger partial charge in [0.1, 0.15) is 0 Å². The fourth-order valence-corrected chi connectivity index (χ4v) is 7.50. The van der Waals surface area contributed by atoms with Gasteiger partial charge in [-0.05, 0) is 121 Å². The summed E-state index contributed by atoms with van der Waals surface area (Å²) in [4.78, 5) is 0. The van der Waals surface area contributed by atoms with Gasteiger partial charge in [0.15, 0.2) is 0 Å². The van der Waals surface area contributed by atoms with Crippen molar-refractivity contribution in [2.45, 2.75) is 44.9 Å². The van der Waals surface area contributed by atoms with Crippen molar-refractivity contribution in [2.75, 3.05) is 0 Å². The predicted octanol–water partition coefficient (Wildman–Crippen LogP) is 10.9. The summed E-state index contributed by atoms with van der Waals surface area (Å²) in [7, 11) is 0. The molecule has 3 aliphatic carbocycles. The Hall–Kier alpha value is -4.16. The highest BCUT2D eigenvalue weighted by molar-refractivity contribution is 6.14. The summed E-state index contributed by atoms with van der Waals surface area (Å²) in [5.41, 5.74) is 14.6. The molecule has 8 rings (SSSR count). The minimum absolute atomic E-state index is 0.567. The van der Waals surface area contributed by atoms with Crippen LogP contribution in [0.3, 0.4) is 0 Å². The van der Waals surface area contributed by atoms with Crippen LogP contribution in [0.5, 0.6) is 0 Å². The Labute approximate surface area is 231 Å². The van der Waals surface area contributed by atoms with E-state index < -0.39 is 0 Å². The van der Waals surface area contributed by atoms with Crippen LogP contribution in [0.25, 0.3) is 55.4 Å². The highest BCUT2D eigenvalue weighted by atomic mass is 14.3. The molecular formula is C39H32. The molecule has 1 unspecified atom stereocenters. The number of benzene rings is 5. The lowest BCUT2D eigenvalue weighted by molar-refractivity contribution is 0.738. The van der Waals surface area contributed by atoms with Gasteiger partial charge in [0.25, 0.3) is 0 Å². The normalized spacial score (nSPS) is 17.8. The van der Waals surface area contributed by atoms with E-state index in [0.29, 0.717) is 5.92 Å². The Morgan fingerprint density at radius 1 is 0.641 bits per heavy atom. The number of hydrogen-bond acceptors (Lipinski definition) is 0. The summed E-state index contributed by atoms with van der Waals surface area (Å²) in [5.74, 6) is 0.567. The Bertz CT molecular complexity index is 1890. The molecule has 1 atom stereocenters. The molecule has 0 amide bonds. The second kappa shape index (κ2) is 8.95. The van der Waals surface area contributed by atoms with Crippen molar-refractivity contribution in [1.29, 1.82) is 0 Å². The standard InChI is InChI=1S/C39H32/c1-25-23-27-12-3-5-15-31(27)37-24-28(21-22-29(25)37)38-33-16-6-8-18-35(33)39(36-19-9-7-17-34(36)38)32-20-10-13-26-11-2-4-14-30(26)32/h2-4,6,8-14,16,18-22,24-25H,5,7,15,17,23H2,1H3. The highest BCUT2D eigenvalue weighted by Crippen LogP contribution is 2.48. The van der Waals surface area contributed by atoms with E-state index in [-0.39, 0.29) is 0 Å². The Kier molecular flexibility index (Phi) is 5.23. The van der Waals surface area contributed by atoms with Crippen LogP contribution in [0.2, 0.25) is 0 Å². The lowest BCUT2D eigenvalue weighted by atomic mass is 9.74. The molecule has 0 heteroatoms. The molecule has 3 aliphatic rings. The average molecular weight is 501 g/mol. The molecule has 39 heavy (non-hydrogen) atoms. The molecule has 0 aliphatic heterocycles. The molecule has 0 N–H and O–H groups in total. The van der Waals surface area contributed by atoms with E-state index in [9.17, 15) is 0 Å². The monoisotopic (exact) mass is 500 g/mol. The number of fused-ring (bicyclic) bond motifs is 5. The first-order valence-corrected chi connectivity index (χ1v) is 14.5. The van der Waals surface area contributed by atoms with Crippen LogP contribution >= 0.6 is 0 Å². The molecule has 5 aromatic carbocycles. The van der Waals surface area contributed by atoms with E-state index in [2.05, 4.69) is 116 Å². The van der Waals surface area contributed by atoms with Gasteiger partial charge in [-0.3, -0.25) is 0 Å². The summed E-state index contributed by atoms with van der Waals surface area (Å²) in [6, 6.07) is 32.1. The number of hydrogen-bond donors (Lipinski definition) is 0. The Morgan fingerprint density at radius 3 is 2.28 bits per heavy atom. The van der Waals surface area contributed by atoms with Gasteiger partial charge in [-0.25, -0.2) is 0 Å². The van der Waals surface area contributed by atoms with Gasteiger partial charge in [0, 0.05) is 0 Å². The van der Waals surface area contributed by atoms with Crippen molar-refractivity contribution in [3.63, 3.8) is 0 Å². The molecule has 0 fully saturated rings. The zero-order chi connectivity index (χ0) is 25.9. The smallest absolute Gasteiger partial charge is 0.00235 e. The van der Waals surface area contributed by atoms with Crippen LogP contribution in [-0.2, 0) is 6.42 Å². The van der Waals surface area contributed by atoms with Crippen LogP contribution in [0, 0.1) is 0 Å². The minimum atomic E-state index is 0.567. The first-order chi connectivity index (χ1) is 19.3. The van der Waals surface area contributed by atoms with Crippen LogP contribution in [-0.4, -0.2) is 0 Å². The fourth-order valence-electron chi connectivity index (χ4n) is 7.50. The zero-order valence-corrected chi connectivity index (χ0v) is 22.5. The maximum Gasteiger partial charge on any atom is -0.00235 e. The molecular weight excluding hydrogens is 468 g/mol. The number of allylic oxidation sites excluding steroid dienone is 5. The number of rotatable bonds is 2. The maximum atomic E-state index is 2.54. The first kappa shape index (κ1) is 22.8. The molecule has 0 saturated heterocycles. The lowest BCUT2D eigenvalue weighted by Gasteiger charge is -2.30. The Balaban J connectivity index is 1.44. The van der Waals surface area contributed by atoms with Crippen LogP contribution in [0.1, 0.15) is 60.8 Å². The van der Waals surface area contributed by atoms with Gasteiger partial charge in [-0.1, -0.05) is 110 Å². The van der Waals surface area contributed by atoms with Crippen molar-refractivity contribution in [2.24, 2.45) is 0 Å². The lowest BCUT2D eigenvalue weighted by Crippen LogP contribution is -2.10. The van der Waals surface area contributed by atoms with Crippen molar-refractivity contribution in [3.05, 3.63) is 131 Å². The highest BCUT2D eigenvalue weighted by Gasteiger charge is 2.27. The third-order valence-corrected chi connectivity index (χ3v) is 9.26. The third kappa shape index (κ3) is 3.51. The quantitative estimate of drug-likeness (QED) is 0.226. The van der Waals surface area contributed by atoms with Gasteiger partial charge in [-0.2, -0.15) is 0 Å². The van der Waals surface area contributed by atoms with Crippen LogP contribution in [0.15, 0.2) is 109 Å². The summed E-state index contributed by atoms with van der Waals surface area (Å²) >= 11 is 0. The third-order valence-electron chi connectivity index (χ3n) is 9.26. The van der Waals surface area contributed by atoms with E-state index in [1.807, 2.05) is 0 Å². The van der Waals surface area contributed by atoms with E-state index in [1.54, 1.807) is 11.1 Å². The fraction of sp³-hybridized carbons (Fsp3) is 0.179.